The van der Waals surface area contributed by atoms with Crippen molar-refractivity contribution >= 4 is 38.8 Å². The lowest BCUT2D eigenvalue weighted by molar-refractivity contribution is 0.102. The molecule has 5 rings (SSSR count). The Kier molecular flexibility index (Phi) is 3.08. The van der Waals surface area contributed by atoms with E-state index in [4.69, 9.17) is 0 Å². The summed E-state index contributed by atoms with van der Waals surface area (Å²) in [6, 6.07) is 9.17. The highest BCUT2D eigenvalue weighted by Gasteiger charge is 2.29. The van der Waals surface area contributed by atoms with E-state index in [1.165, 1.54) is 0 Å². The first-order valence-electron chi connectivity index (χ1n) is 8.08. The van der Waals surface area contributed by atoms with E-state index in [1.54, 1.807) is 28.0 Å². The van der Waals surface area contributed by atoms with E-state index in [2.05, 4.69) is 25.6 Å². The number of aryl methyl sites for hydroxylation is 1. The molecule has 3 aromatic heterocycles. The van der Waals surface area contributed by atoms with E-state index in [0.29, 0.717) is 22.9 Å². The molecule has 1 N–H and O–H groups in total. The van der Waals surface area contributed by atoms with Gasteiger partial charge in [-0.25, -0.2) is 4.98 Å². The number of amides is 1. The number of benzene rings is 1. The molecule has 3 heterocycles. The van der Waals surface area contributed by atoms with Crippen molar-refractivity contribution in [1.82, 2.24) is 24.8 Å². The van der Waals surface area contributed by atoms with Crippen LogP contribution >= 0.6 is 11.3 Å². The summed E-state index contributed by atoms with van der Waals surface area (Å²) < 4.78 is 2.79. The maximum Gasteiger partial charge on any atom is 0.276 e. The summed E-state index contributed by atoms with van der Waals surface area (Å²) in [5, 5.41) is 16.6. The van der Waals surface area contributed by atoms with Crippen LogP contribution in [0.15, 0.2) is 30.3 Å². The summed E-state index contributed by atoms with van der Waals surface area (Å²) in [6.45, 7) is 1.97. The molecule has 7 nitrogen and oxygen atoms in total. The van der Waals surface area contributed by atoms with Gasteiger partial charge >= 0.3 is 0 Å². The smallest absolute Gasteiger partial charge is 0.276 e. The van der Waals surface area contributed by atoms with Gasteiger partial charge in [-0.2, -0.15) is 9.61 Å². The largest absolute Gasteiger partial charge is 0.321 e. The minimum atomic E-state index is -0.261. The first-order chi connectivity index (χ1) is 12.2. The second-order valence-corrected chi connectivity index (χ2v) is 7.43. The number of nitrogens with one attached hydrogen (secondary N) is 1. The highest BCUT2D eigenvalue weighted by atomic mass is 32.1. The van der Waals surface area contributed by atoms with E-state index in [9.17, 15) is 4.79 Å². The standard InChI is InChI=1S/C17H14N6OS/c1-9-18-13-8-11(4-6-14(13)25-9)19-17(24)12-5-7-15-20-21-16(10-2-3-10)23(15)22-12/h4-8,10H,2-3H2,1H3,(H,19,24). The highest BCUT2D eigenvalue weighted by molar-refractivity contribution is 7.18. The van der Waals surface area contributed by atoms with Crippen molar-refractivity contribution < 1.29 is 4.79 Å². The molecule has 0 bridgehead atoms. The Hall–Kier alpha value is -2.87. The van der Waals surface area contributed by atoms with Gasteiger partial charge in [0.1, 0.15) is 5.69 Å². The SMILES string of the molecule is Cc1nc2cc(NC(=O)c3ccc4nnc(C5CC5)n4n3)ccc2s1. The quantitative estimate of drug-likeness (QED) is 0.613. The zero-order valence-corrected chi connectivity index (χ0v) is 14.2. The third-order valence-corrected chi connectivity index (χ3v) is 5.17. The topological polar surface area (TPSA) is 85.1 Å². The van der Waals surface area contributed by atoms with Gasteiger partial charge in [-0.3, -0.25) is 4.79 Å². The van der Waals surface area contributed by atoms with Crippen molar-refractivity contribution in [2.45, 2.75) is 25.7 Å². The average molecular weight is 350 g/mol. The maximum absolute atomic E-state index is 12.6. The van der Waals surface area contributed by atoms with Crippen LogP contribution in [-0.4, -0.2) is 30.7 Å². The Morgan fingerprint density at radius 1 is 1.24 bits per heavy atom. The van der Waals surface area contributed by atoms with Gasteiger partial charge < -0.3 is 5.32 Å². The van der Waals surface area contributed by atoms with Gasteiger partial charge in [-0.05, 0) is 50.1 Å². The van der Waals surface area contributed by atoms with Gasteiger partial charge in [-0.1, -0.05) is 0 Å². The summed E-state index contributed by atoms with van der Waals surface area (Å²) in [5.74, 6) is 0.990. The van der Waals surface area contributed by atoms with Crippen molar-refractivity contribution in [3.63, 3.8) is 0 Å². The zero-order valence-electron chi connectivity index (χ0n) is 13.4. The molecule has 1 amide bonds. The number of carbonyl (C=O) groups is 1. The molecule has 0 spiro atoms. The Morgan fingerprint density at radius 2 is 2.12 bits per heavy atom. The van der Waals surface area contributed by atoms with Crippen LogP contribution in [-0.2, 0) is 0 Å². The predicted molar refractivity (Wildman–Crippen MR) is 95.1 cm³/mol. The van der Waals surface area contributed by atoms with Gasteiger partial charge in [0.25, 0.3) is 5.91 Å². The van der Waals surface area contributed by atoms with Crippen molar-refractivity contribution in [2.24, 2.45) is 0 Å². The Balaban J connectivity index is 1.46. The molecule has 1 aliphatic rings. The monoisotopic (exact) mass is 350 g/mol. The fourth-order valence-corrected chi connectivity index (χ4v) is 3.65. The fraction of sp³-hybridized carbons (Fsp3) is 0.235. The van der Waals surface area contributed by atoms with Crippen LogP contribution in [0, 0.1) is 6.92 Å². The number of fused-ring (bicyclic) bond motifs is 2. The van der Waals surface area contributed by atoms with Crippen LogP contribution in [0.25, 0.3) is 15.9 Å². The number of anilines is 1. The van der Waals surface area contributed by atoms with Crippen LogP contribution in [0.5, 0.6) is 0 Å². The molecule has 0 aliphatic heterocycles. The van der Waals surface area contributed by atoms with E-state index in [1.807, 2.05) is 25.1 Å². The van der Waals surface area contributed by atoms with Crippen molar-refractivity contribution in [2.75, 3.05) is 5.32 Å². The Labute approximate surface area is 146 Å². The lowest BCUT2D eigenvalue weighted by Gasteiger charge is -2.05. The molecule has 1 saturated carbocycles. The molecule has 1 aromatic carbocycles. The summed E-state index contributed by atoms with van der Waals surface area (Å²) in [7, 11) is 0. The van der Waals surface area contributed by atoms with Gasteiger partial charge in [-0.15, -0.1) is 21.5 Å². The molecule has 25 heavy (non-hydrogen) atoms. The number of nitrogens with zero attached hydrogens (tertiary/aromatic N) is 5. The summed E-state index contributed by atoms with van der Waals surface area (Å²) in [5.41, 5.74) is 2.59. The number of thiazole rings is 1. The molecule has 1 fully saturated rings. The molecule has 0 saturated heterocycles. The van der Waals surface area contributed by atoms with Gasteiger partial charge in [0.15, 0.2) is 11.5 Å². The molecule has 0 radical (unpaired) electrons. The van der Waals surface area contributed by atoms with E-state index in [0.717, 1.165) is 33.9 Å². The minimum absolute atomic E-state index is 0.261. The van der Waals surface area contributed by atoms with Crippen molar-refractivity contribution in [1.29, 1.82) is 0 Å². The first-order valence-corrected chi connectivity index (χ1v) is 8.90. The predicted octanol–water partition coefficient (Wildman–Crippen LogP) is 3.17. The molecular formula is C17H14N6OS. The minimum Gasteiger partial charge on any atom is -0.321 e. The lowest BCUT2D eigenvalue weighted by atomic mass is 10.3. The van der Waals surface area contributed by atoms with E-state index in [-0.39, 0.29) is 5.91 Å². The Morgan fingerprint density at radius 3 is 2.96 bits per heavy atom. The molecule has 0 unspecified atom stereocenters. The summed E-state index contributed by atoms with van der Waals surface area (Å²) in [4.78, 5) is 17.0. The number of hydrogen-bond acceptors (Lipinski definition) is 6. The summed E-state index contributed by atoms with van der Waals surface area (Å²) >= 11 is 1.64. The van der Waals surface area contributed by atoms with Crippen LogP contribution in [0.4, 0.5) is 5.69 Å². The molecule has 8 heteroatoms. The summed E-state index contributed by atoms with van der Waals surface area (Å²) in [6.07, 6.45) is 2.21. The number of carbonyl (C=O) groups excluding carboxylic acids is 1. The second kappa shape index (κ2) is 5.32. The first kappa shape index (κ1) is 14.5. The van der Waals surface area contributed by atoms with Crippen molar-refractivity contribution in [3.8, 4) is 0 Å². The zero-order chi connectivity index (χ0) is 17.0. The normalized spacial score (nSPS) is 14.3. The highest BCUT2D eigenvalue weighted by Crippen LogP contribution is 2.38. The van der Waals surface area contributed by atoms with Crippen LogP contribution < -0.4 is 5.32 Å². The van der Waals surface area contributed by atoms with E-state index >= 15 is 0 Å². The number of rotatable bonds is 3. The number of hydrogen-bond donors (Lipinski definition) is 1. The Bertz CT molecular complexity index is 1130. The molecule has 0 atom stereocenters. The molecule has 124 valence electrons. The van der Waals surface area contributed by atoms with Gasteiger partial charge in [0, 0.05) is 11.6 Å². The fourth-order valence-electron chi connectivity index (χ4n) is 2.84. The van der Waals surface area contributed by atoms with Gasteiger partial charge in [0.2, 0.25) is 0 Å². The third kappa shape index (κ3) is 2.54. The lowest BCUT2D eigenvalue weighted by Crippen LogP contribution is -2.15. The number of aromatic nitrogens is 5. The van der Waals surface area contributed by atoms with Crippen LogP contribution in [0.2, 0.25) is 0 Å². The molecular weight excluding hydrogens is 336 g/mol. The molecule has 1 aliphatic carbocycles. The third-order valence-electron chi connectivity index (χ3n) is 4.21. The average Bonchev–Trinajstić information content (AvgIpc) is 3.24. The maximum atomic E-state index is 12.6. The van der Waals surface area contributed by atoms with Crippen molar-refractivity contribution in [3.05, 3.63) is 46.9 Å². The second-order valence-electron chi connectivity index (χ2n) is 6.19. The molecule has 4 aromatic rings. The van der Waals surface area contributed by atoms with Gasteiger partial charge in [0.05, 0.1) is 15.2 Å². The van der Waals surface area contributed by atoms with E-state index < -0.39 is 0 Å². The van der Waals surface area contributed by atoms with Crippen LogP contribution in [0.1, 0.15) is 40.1 Å². The van der Waals surface area contributed by atoms with Crippen LogP contribution in [0.3, 0.4) is 0 Å².